The average Bonchev–Trinajstić information content (AvgIpc) is 2.85. The zero-order chi connectivity index (χ0) is 20.3. The van der Waals surface area contributed by atoms with Gasteiger partial charge in [-0.05, 0) is 79.4 Å². The molecule has 2 aliphatic rings. The Bertz CT molecular complexity index is 656. The summed E-state index contributed by atoms with van der Waals surface area (Å²) in [7, 11) is -0.844. The Morgan fingerprint density at radius 2 is 1.15 bits per heavy atom. The van der Waals surface area contributed by atoms with Gasteiger partial charge in [-0.25, -0.2) is 4.39 Å². The van der Waals surface area contributed by atoms with Gasteiger partial charge in [-0.1, -0.05) is 12.1 Å². The minimum atomic E-state index is -0.459. The van der Waals surface area contributed by atoms with Crippen molar-refractivity contribution in [1.82, 2.24) is 0 Å². The molecule has 2 saturated heterocycles. The van der Waals surface area contributed by atoms with Crippen LogP contribution in [0.5, 0.6) is 0 Å². The van der Waals surface area contributed by atoms with Crippen molar-refractivity contribution in [1.29, 1.82) is 0 Å². The van der Waals surface area contributed by atoms with Crippen molar-refractivity contribution in [2.45, 2.75) is 89.9 Å². The normalized spacial score (nSPS) is 26.4. The molecule has 0 saturated carbocycles. The van der Waals surface area contributed by atoms with E-state index in [9.17, 15) is 4.39 Å². The lowest BCUT2D eigenvalue weighted by Gasteiger charge is -2.32. The van der Waals surface area contributed by atoms with Crippen molar-refractivity contribution in [2.75, 3.05) is 0 Å². The second-order valence-electron chi connectivity index (χ2n) is 9.70. The van der Waals surface area contributed by atoms with Crippen molar-refractivity contribution < 1.29 is 23.0 Å². The molecule has 0 radical (unpaired) electrons. The summed E-state index contributed by atoms with van der Waals surface area (Å²) in [5.41, 5.74) is -0.732. The summed E-state index contributed by atoms with van der Waals surface area (Å²) in [6, 6.07) is 6.52. The molecule has 0 amide bonds. The average molecular weight is 376 g/mol. The Labute approximate surface area is 163 Å². The van der Waals surface area contributed by atoms with Gasteiger partial charge < -0.3 is 18.6 Å². The van der Waals surface area contributed by atoms with Gasteiger partial charge >= 0.3 is 14.2 Å². The summed E-state index contributed by atoms with van der Waals surface area (Å²) < 4.78 is 38.5. The van der Waals surface area contributed by atoms with Gasteiger partial charge in [-0.2, -0.15) is 0 Å². The lowest BCUT2D eigenvalue weighted by Crippen LogP contribution is -2.41. The van der Waals surface area contributed by atoms with E-state index in [1.807, 2.05) is 55.4 Å². The largest absolute Gasteiger partial charge is 0.465 e. The van der Waals surface area contributed by atoms with Crippen LogP contribution in [0.4, 0.5) is 4.39 Å². The smallest absolute Gasteiger partial charge is 0.403 e. The van der Waals surface area contributed by atoms with E-state index in [0.29, 0.717) is 6.32 Å². The van der Waals surface area contributed by atoms with Gasteiger partial charge in [0.05, 0.1) is 22.4 Å². The summed E-state index contributed by atoms with van der Waals surface area (Å²) in [6.45, 7) is 16.3. The Kier molecular flexibility index (Phi) is 5.08. The molecule has 3 rings (SSSR count). The van der Waals surface area contributed by atoms with Crippen LogP contribution in [0.2, 0.25) is 6.32 Å². The molecule has 2 fully saturated rings. The van der Waals surface area contributed by atoms with E-state index < -0.39 is 29.5 Å². The standard InChI is InChI=1S/C20H31B2FO4/c1-17(2)18(3,4)25-21(24-17)13-16(14-9-11-15(23)12-10-14)22-26-19(5,6)20(7,8)27-22/h9-12,16H,13H2,1-8H3/t16-/m0/s1. The third kappa shape index (κ3) is 3.84. The second kappa shape index (κ2) is 6.58. The molecule has 27 heavy (non-hydrogen) atoms. The fraction of sp³-hybridized carbons (Fsp3) is 0.700. The van der Waals surface area contributed by atoms with E-state index in [1.54, 1.807) is 12.1 Å². The number of hydrogen-bond acceptors (Lipinski definition) is 4. The molecule has 4 nitrogen and oxygen atoms in total. The number of rotatable bonds is 4. The van der Waals surface area contributed by atoms with Crippen LogP contribution in [-0.2, 0) is 18.6 Å². The Morgan fingerprint density at radius 3 is 1.59 bits per heavy atom. The molecule has 1 aromatic carbocycles. The van der Waals surface area contributed by atoms with E-state index in [4.69, 9.17) is 18.6 Å². The van der Waals surface area contributed by atoms with Gasteiger partial charge in [-0.15, -0.1) is 0 Å². The molecule has 7 heteroatoms. The number of halogens is 1. The predicted molar refractivity (Wildman–Crippen MR) is 106 cm³/mol. The zero-order valence-corrected chi connectivity index (χ0v) is 17.8. The van der Waals surface area contributed by atoms with E-state index in [0.717, 1.165) is 5.56 Å². The molecule has 0 aromatic heterocycles. The highest BCUT2D eigenvalue weighted by molar-refractivity contribution is 6.53. The molecular weight excluding hydrogens is 345 g/mol. The van der Waals surface area contributed by atoms with Crippen LogP contribution in [0, 0.1) is 5.82 Å². The molecule has 0 unspecified atom stereocenters. The van der Waals surface area contributed by atoms with E-state index >= 15 is 0 Å². The summed E-state index contributed by atoms with van der Waals surface area (Å²) in [5.74, 6) is -0.400. The first-order valence-corrected chi connectivity index (χ1v) is 9.71. The maximum Gasteiger partial charge on any atom is 0.465 e. The molecule has 1 aromatic rings. The molecule has 2 aliphatic heterocycles. The van der Waals surface area contributed by atoms with Crippen molar-refractivity contribution >= 4 is 14.2 Å². The fourth-order valence-electron chi connectivity index (χ4n) is 3.44. The molecular formula is C20H31B2FO4. The third-order valence-electron chi connectivity index (χ3n) is 6.65. The lowest BCUT2D eigenvalue weighted by molar-refractivity contribution is 0.00578. The van der Waals surface area contributed by atoms with Crippen LogP contribution in [-0.4, -0.2) is 36.6 Å². The fourth-order valence-corrected chi connectivity index (χ4v) is 3.44. The van der Waals surface area contributed by atoms with Crippen LogP contribution in [0.1, 0.15) is 66.8 Å². The number of hydrogen-bond donors (Lipinski definition) is 0. The SMILES string of the molecule is CC1(C)OB(C[C@H](B2OC(C)(C)C(C)(C)O2)c2ccc(F)cc2)OC1(C)C. The molecule has 1 atom stereocenters. The Balaban J connectivity index is 1.87. The second-order valence-corrected chi connectivity index (χ2v) is 9.70. The lowest BCUT2D eigenvalue weighted by atomic mass is 9.58. The predicted octanol–water partition coefficient (Wildman–Crippen LogP) is 4.63. The van der Waals surface area contributed by atoms with Crippen molar-refractivity contribution in [2.24, 2.45) is 0 Å². The van der Waals surface area contributed by atoms with Crippen LogP contribution >= 0.6 is 0 Å². The third-order valence-corrected chi connectivity index (χ3v) is 6.65. The highest BCUT2D eigenvalue weighted by Gasteiger charge is 2.57. The van der Waals surface area contributed by atoms with Crippen LogP contribution in [0.3, 0.4) is 0 Å². The van der Waals surface area contributed by atoms with Gasteiger partial charge in [0.2, 0.25) is 0 Å². The first-order chi connectivity index (χ1) is 12.2. The van der Waals surface area contributed by atoms with E-state index in [2.05, 4.69) is 0 Å². The molecule has 0 spiro atoms. The minimum Gasteiger partial charge on any atom is -0.403 e. The first kappa shape index (κ1) is 20.8. The molecule has 2 heterocycles. The maximum atomic E-state index is 13.5. The van der Waals surface area contributed by atoms with Crippen LogP contribution < -0.4 is 0 Å². The monoisotopic (exact) mass is 376 g/mol. The molecule has 0 aliphatic carbocycles. The van der Waals surface area contributed by atoms with Crippen LogP contribution in [0.15, 0.2) is 24.3 Å². The Morgan fingerprint density at radius 1 is 0.741 bits per heavy atom. The highest BCUT2D eigenvalue weighted by Crippen LogP contribution is 2.45. The van der Waals surface area contributed by atoms with Gasteiger partial charge in [0.25, 0.3) is 0 Å². The molecule has 0 N–H and O–H groups in total. The summed E-state index contributed by atoms with van der Waals surface area (Å²) in [5, 5.41) is 0. The van der Waals surface area contributed by atoms with Gasteiger partial charge in [0, 0.05) is 5.82 Å². The van der Waals surface area contributed by atoms with Gasteiger partial charge in [-0.3, -0.25) is 0 Å². The summed E-state index contributed by atoms with van der Waals surface area (Å²) >= 11 is 0. The van der Waals surface area contributed by atoms with Crippen LogP contribution in [0.25, 0.3) is 0 Å². The quantitative estimate of drug-likeness (QED) is 0.718. The highest BCUT2D eigenvalue weighted by atomic mass is 19.1. The topological polar surface area (TPSA) is 36.9 Å². The molecule has 0 bridgehead atoms. The van der Waals surface area contributed by atoms with Gasteiger partial charge in [0.1, 0.15) is 5.82 Å². The Hall–Kier alpha value is -0.880. The maximum absolute atomic E-state index is 13.5. The van der Waals surface area contributed by atoms with Crippen molar-refractivity contribution in [3.63, 3.8) is 0 Å². The minimum absolute atomic E-state index is 0.138. The molecule has 148 valence electrons. The van der Waals surface area contributed by atoms with Crippen molar-refractivity contribution in [3.8, 4) is 0 Å². The van der Waals surface area contributed by atoms with E-state index in [1.165, 1.54) is 12.1 Å². The summed E-state index contributed by atoms with van der Waals surface area (Å²) in [4.78, 5) is 0. The first-order valence-electron chi connectivity index (χ1n) is 9.71. The zero-order valence-electron chi connectivity index (χ0n) is 17.8. The summed E-state index contributed by atoms with van der Waals surface area (Å²) in [6.07, 6.45) is 0.565. The van der Waals surface area contributed by atoms with E-state index in [-0.39, 0.29) is 18.8 Å². The van der Waals surface area contributed by atoms with Gasteiger partial charge in [0.15, 0.2) is 0 Å². The number of benzene rings is 1. The van der Waals surface area contributed by atoms with Crippen molar-refractivity contribution in [3.05, 3.63) is 35.6 Å².